The van der Waals surface area contributed by atoms with Crippen molar-refractivity contribution < 1.29 is 4.79 Å². The highest BCUT2D eigenvalue weighted by atomic mass is 79.9. The maximum atomic E-state index is 13.2. The van der Waals surface area contributed by atoms with Gasteiger partial charge in [0, 0.05) is 56.1 Å². The number of allylic oxidation sites excluding steroid dienone is 1. The van der Waals surface area contributed by atoms with E-state index in [9.17, 15) is 10.1 Å². The van der Waals surface area contributed by atoms with Crippen molar-refractivity contribution in [2.24, 2.45) is 11.8 Å². The molecule has 1 aliphatic heterocycles. The number of hydrogen-bond acceptors (Lipinski definition) is 6. The molecule has 8 heteroatoms. The number of rotatable bonds is 6. The Kier molecular flexibility index (Phi) is 8.09. The monoisotopic (exact) mass is 522 g/mol. The van der Waals surface area contributed by atoms with E-state index >= 15 is 0 Å². The van der Waals surface area contributed by atoms with Gasteiger partial charge in [-0.15, -0.1) is 0 Å². The lowest BCUT2D eigenvalue weighted by atomic mass is 9.93. The summed E-state index contributed by atoms with van der Waals surface area (Å²) in [7, 11) is 2.16. The fourth-order valence-electron chi connectivity index (χ4n) is 4.75. The molecule has 2 aliphatic rings. The number of benzene rings is 1. The molecule has 1 amide bonds. The molecule has 1 aromatic carbocycles. The molecule has 2 unspecified atom stereocenters. The Labute approximate surface area is 210 Å². The van der Waals surface area contributed by atoms with Crippen LogP contribution in [0, 0.1) is 23.2 Å². The first-order valence-electron chi connectivity index (χ1n) is 11.9. The molecule has 4 rings (SSSR count). The number of nitrogens with zero attached hydrogens (tertiary/aromatic N) is 5. The topological polar surface area (TPSA) is 85.1 Å². The van der Waals surface area contributed by atoms with Crippen molar-refractivity contribution in [3.63, 3.8) is 0 Å². The first-order chi connectivity index (χ1) is 16.4. The smallest absolute Gasteiger partial charge is 0.255 e. The lowest BCUT2D eigenvalue weighted by Crippen LogP contribution is -2.43. The zero-order chi connectivity index (χ0) is 24.1. The van der Waals surface area contributed by atoms with E-state index in [4.69, 9.17) is 0 Å². The summed E-state index contributed by atoms with van der Waals surface area (Å²) >= 11 is 3.48. The van der Waals surface area contributed by atoms with Gasteiger partial charge in [0.15, 0.2) is 0 Å². The molecule has 2 atom stereocenters. The largest absolute Gasteiger partial charge is 0.325 e. The van der Waals surface area contributed by atoms with E-state index in [0.29, 0.717) is 21.6 Å². The van der Waals surface area contributed by atoms with Crippen LogP contribution in [0.4, 0.5) is 0 Å². The summed E-state index contributed by atoms with van der Waals surface area (Å²) in [6.45, 7) is 7.45. The number of aromatic nitrogens is 2. The van der Waals surface area contributed by atoms with E-state index in [1.165, 1.54) is 5.56 Å². The second-order valence-corrected chi connectivity index (χ2v) is 10.2. The van der Waals surface area contributed by atoms with E-state index in [2.05, 4.69) is 67.1 Å². The van der Waals surface area contributed by atoms with Crippen molar-refractivity contribution in [1.82, 2.24) is 25.1 Å². The molecule has 1 aromatic heterocycles. The van der Waals surface area contributed by atoms with Crippen molar-refractivity contribution in [1.29, 1.82) is 5.26 Å². The molecule has 1 saturated heterocycles. The van der Waals surface area contributed by atoms with Crippen molar-refractivity contribution in [2.45, 2.75) is 32.7 Å². The van der Waals surface area contributed by atoms with Gasteiger partial charge in [-0.1, -0.05) is 31.9 Å². The maximum Gasteiger partial charge on any atom is 0.255 e. The van der Waals surface area contributed by atoms with Crippen LogP contribution in [0.15, 0.2) is 40.6 Å². The van der Waals surface area contributed by atoms with Gasteiger partial charge >= 0.3 is 0 Å². The summed E-state index contributed by atoms with van der Waals surface area (Å²) in [5.41, 5.74) is 3.30. The molecule has 0 spiro atoms. The van der Waals surface area contributed by atoms with Gasteiger partial charge in [-0.25, -0.2) is 9.97 Å². The molecule has 178 valence electrons. The fraction of sp³-hybridized carbons (Fsp3) is 0.462. The Balaban J connectivity index is 1.50. The minimum atomic E-state index is -0.123. The van der Waals surface area contributed by atoms with Gasteiger partial charge < -0.3 is 10.2 Å². The van der Waals surface area contributed by atoms with E-state index in [1.54, 1.807) is 6.20 Å². The Morgan fingerprint density at radius 2 is 1.97 bits per heavy atom. The zero-order valence-electron chi connectivity index (χ0n) is 19.8. The summed E-state index contributed by atoms with van der Waals surface area (Å²) in [5.74, 6) is 0.694. The molecule has 2 fully saturated rings. The molecule has 0 bridgehead atoms. The van der Waals surface area contributed by atoms with Crippen LogP contribution < -0.4 is 5.32 Å². The number of piperazine rings is 1. The summed E-state index contributed by atoms with van der Waals surface area (Å²) in [6.07, 6.45) is 6.75. The highest BCUT2D eigenvalue weighted by Gasteiger charge is 2.28. The molecule has 0 radical (unpaired) electrons. The molecule has 2 heterocycles. The number of hydrogen-bond donors (Lipinski definition) is 1. The Morgan fingerprint density at radius 1 is 1.24 bits per heavy atom. The molecule has 34 heavy (non-hydrogen) atoms. The van der Waals surface area contributed by atoms with Crippen LogP contribution in [0.25, 0.3) is 6.08 Å². The molecular formula is C26H31BrN6O. The van der Waals surface area contributed by atoms with Crippen LogP contribution in [-0.2, 0) is 6.54 Å². The van der Waals surface area contributed by atoms with Crippen molar-refractivity contribution in [3.8, 4) is 6.07 Å². The van der Waals surface area contributed by atoms with Gasteiger partial charge in [-0.3, -0.25) is 9.69 Å². The minimum Gasteiger partial charge on any atom is -0.325 e. The Hall–Kier alpha value is -2.60. The van der Waals surface area contributed by atoms with Gasteiger partial charge in [0.25, 0.3) is 5.91 Å². The number of likely N-dealkylation sites (N-methyl/N-ethyl adjacent to an activating group) is 1. The lowest BCUT2D eigenvalue weighted by Gasteiger charge is -2.32. The van der Waals surface area contributed by atoms with Crippen LogP contribution >= 0.6 is 15.9 Å². The molecule has 1 saturated carbocycles. The van der Waals surface area contributed by atoms with Gasteiger partial charge in [0.05, 0.1) is 10.2 Å². The van der Waals surface area contributed by atoms with Crippen LogP contribution in [0.2, 0.25) is 0 Å². The van der Waals surface area contributed by atoms with Crippen LogP contribution in [0.3, 0.4) is 0 Å². The number of carbonyl (C=O) groups is 1. The summed E-state index contributed by atoms with van der Waals surface area (Å²) in [4.78, 5) is 26.3. The van der Waals surface area contributed by atoms with Crippen molar-refractivity contribution in [3.05, 3.63) is 63.3 Å². The molecular weight excluding hydrogens is 492 g/mol. The van der Waals surface area contributed by atoms with Gasteiger partial charge in [-0.05, 0) is 59.1 Å². The first-order valence-corrected chi connectivity index (χ1v) is 12.7. The second kappa shape index (κ2) is 11.2. The third-order valence-electron chi connectivity index (χ3n) is 6.90. The maximum absolute atomic E-state index is 13.2. The molecule has 7 nitrogen and oxygen atoms in total. The van der Waals surface area contributed by atoms with E-state index in [0.717, 1.165) is 57.7 Å². The fourth-order valence-corrected chi connectivity index (χ4v) is 5.06. The molecule has 1 aliphatic carbocycles. The number of nitriles is 1. The summed E-state index contributed by atoms with van der Waals surface area (Å²) < 4.78 is 0.692. The van der Waals surface area contributed by atoms with Crippen molar-refractivity contribution >= 4 is 27.9 Å². The normalized spacial score (nSPS) is 21.9. The highest BCUT2D eigenvalue weighted by Crippen LogP contribution is 2.36. The predicted molar refractivity (Wildman–Crippen MR) is 136 cm³/mol. The van der Waals surface area contributed by atoms with Gasteiger partial charge in [0.1, 0.15) is 6.07 Å². The Bertz CT molecular complexity index is 1090. The minimum absolute atomic E-state index is 0.107. The standard InChI is InChI=1S/C26H31BrN6O/c1-18-4-3-5-21(18)23(14-24-22(27)16-29-25(15-28)30-24)31-26(34)20-8-6-19(7-9-20)17-33-12-10-32(2)11-13-33/h6-9,14,16,18,21H,3-5,10-13,17H2,1-2H3,(H,31,34)/b23-14+. The van der Waals surface area contributed by atoms with Gasteiger partial charge in [0.2, 0.25) is 5.82 Å². The third kappa shape index (κ3) is 6.09. The average molecular weight is 523 g/mol. The number of halogens is 1. The number of amides is 1. The van der Waals surface area contributed by atoms with E-state index < -0.39 is 0 Å². The van der Waals surface area contributed by atoms with E-state index in [1.807, 2.05) is 24.3 Å². The SMILES string of the molecule is CC1CCCC1/C(=C\c1nc(C#N)ncc1Br)NC(=O)c1ccc(CN2CCN(C)CC2)cc1. The molecule has 2 aromatic rings. The highest BCUT2D eigenvalue weighted by molar-refractivity contribution is 9.10. The van der Waals surface area contributed by atoms with E-state index in [-0.39, 0.29) is 17.6 Å². The van der Waals surface area contributed by atoms with Gasteiger partial charge in [-0.2, -0.15) is 5.26 Å². The summed E-state index contributed by atoms with van der Waals surface area (Å²) in [5, 5.41) is 12.4. The third-order valence-corrected chi connectivity index (χ3v) is 7.51. The van der Waals surface area contributed by atoms with Crippen LogP contribution in [-0.4, -0.2) is 58.9 Å². The predicted octanol–water partition coefficient (Wildman–Crippen LogP) is 4.07. The summed E-state index contributed by atoms with van der Waals surface area (Å²) in [6, 6.07) is 9.90. The number of carbonyl (C=O) groups excluding carboxylic acids is 1. The Morgan fingerprint density at radius 3 is 2.62 bits per heavy atom. The second-order valence-electron chi connectivity index (χ2n) is 9.38. The van der Waals surface area contributed by atoms with Crippen molar-refractivity contribution in [2.75, 3.05) is 33.2 Å². The quantitative estimate of drug-likeness (QED) is 0.615. The lowest BCUT2D eigenvalue weighted by molar-refractivity contribution is 0.0960. The molecule has 1 N–H and O–H groups in total. The number of nitrogens with one attached hydrogen (secondary N) is 1. The average Bonchev–Trinajstić information content (AvgIpc) is 3.27. The zero-order valence-corrected chi connectivity index (χ0v) is 21.4. The van der Waals surface area contributed by atoms with Crippen LogP contribution in [0.5, 0.6) is 0 Å². The first kappa shape index (κ1) is 24.5. The van der Waals surface area contributed by atoms with Crippen LogP contribution in [0.1, 0.15) is 53.6 Å².